The van der Waals surface area contributed by atoms with E-state index >= 15 is 0 Å². The molecule has 0 aliphatic heterocycles. The highest BCUT2D eigenvalue weighted by atomic mass is 31.2. The summed E-state index contributed by atoms with van der Waals surface area (Å²) in [5.74, 6) is -5.02. The maximum atomic E-state index is 10.3. The molecule has 0 atom stereocenters. The molecule has 0 aromatic rings. The quantitative estimate of drug-likeness (QED) is 0.243. The molecule has 9 N–H and O–H groups in total. The highest BCUT2D eigenvalue weighted by Gasteiger charge is 2.40. The molecule has 0 unspecified atom stereocenters. The normalized spacial score (nSPS) is 10.2. The van der Waals surface area contributed by atoms with E-state index in [1.54, 1.807) is 0 Å². The number of phosphoric acid groups is 1. The van der Waals surface area contributed by atoms with Crippen molar-refractivity contribution in [2.45, 2.75) is 18.4 Å². The fourth-order valence-corrected chi connectivity index (χ4v) is 0.714. The van der Waals surface area contributed by atoms with Gasteiger partial charge >= 0.3 is 31.9 Å². The summed E-state index contributed by atoms with van der Waals surface area (Å²) in [6.45, 7) is 0. The lowest BCUT2D eigenvalue weighted by Gasteiger charge is -2.18. The molecule has 0 saturated heterocycles. The van der Waals surface area contributed by atoms with Crippen LogP contribution in [0.5, 0.6) is 0 Å². The van der Waals surface area contributed by atoms with Crippen molar-refractivity contribution in [1.82, 2.24) is 0 Å². The average Bonchev–Trinajstić information content (AvgIpc) is 2.09. The summed E-state index contributed by atoms with van der Waals surface area (Å²) >= 11 is 0. The number of aliphatic hydroxyl groups is 1. The fraction of sp³-hybridized carbons (Fsp3) is 0.429. The lowest BCUT2D eigenvalue weighted by molar-refractivity contribution is -0.170. The average molecular weight is 352 g/mol. The monoisotopic (exact) mass is 352 g/mol. The molecular formula is C7H13O14P. The molecule has 14 nitrogen and oxygen atoms in total. The van der Waals surface area contributed by atoms with Crippen LogP contribution in [0.3, 0.4) is 0 Å². The molecule has 0 aliphatic carbocycles. The standard InChI is InChI=1S/C6H8O7.CH2O3.H3O4P/c7-3(8)1-6(13,5(11)12)2-4(9)10;2-1(3)4;1-5(2,3)4/h13H,1-2H2,(H,7,8)(H,9,10)(H,11,12);(H2,2,3,4);(H3,1,2,3,4). The third kappa shape index (κ3) is 26.3. The van der Waals surface area contributed by atoms with E-state index in [2.05, 4.69) is 0 Å². The Bertz CT molecular complexity index is 420. The third-order valence-corrected chi connectivity index (χ3v) is 1.29. The number of carboxylic acid groups (broad SMARTS) is 5. The van der Waals surface area contributed by atoms with E-state index in [0.717, 1.165) is 0 Å². The van der Waals surface area contributed by atoms with E-state index in [0.29, 0.717) is 0 Å². The second-order valence-electron chi connectivity index (χ2n) is 3.27. The number of hydrogen-bond acceptors (Lipinski definition) is 6. The van der Waals surface area contributed by atoms with Crippen LogP contribution in [-0.2, 0) is 18.9 Å². The van der Waals surface area contributed by atoms with Crippen LogP contribution >= 0.6 is 7.82 Å². The van der Waals surface area contributed by atoms with Gasteiger partial charge in [-0.1, -0.05) is 0 Å². The molecule has 0 aliphatic rings. The largest absolute Gasteiger partial charge is 0.503 e. The second kappa shape index (κ2) is 10.5. The van der Waals surface area contributed by atoms with Gasteiger partial charge in [-0.05, 0) is 0 Å². The van der Waals surface area contributed by atoms with Gasteiger partial charge in [0.15, 0.2) is 5.60 Å². The fourth-order valence-electron chi connectivity index (χ4n) is 0.714. The van der Waals surface area contributed by atoms with Crippen molar-refractivity contribution in [2.24, 2.45) is 0 Å². The van der Waals surface area contributed by atoms with Crippen molar-refractivity contribution in [3.8, 4) is 0 Å². The number of carbonyl (C=O) groups is 4. The Balaban J connectivity index is -0.000000330. The lowest BCUT2D eigenvalue weighted by atomic mass is 9.96. The molecule has 0 bridgehead atoms. The summed E-state index contributed by atoms with van der Waals surface area (Å²) < 4.78 is 8.88. The number of rotatable bonds is 5. The highest BCUT2D eigenvalue weighted by Crippen LogP contribution is 2.25. The van der Waals surface area contributed by atoms with Crippen molar-refractivity contribution in [2.75, 3.05) is 0 Å². The smallest absolute Gasteiger partial charge is 0.481 e. The minimum absolute atomic E-state index is 1.14. The molecule has 0 rings (SSSR count). The second-order valence-corrected chi connectivity index (χ2v) is 4.30. The zero-order valence-corrected chi connectivity index (χ0v) is 11.3. The molecule has 0 saturated carbocycles. The Hall–Kier alpha value is -2.25. The first-order valence-corrected chi connectivity index (χ1v) is 6.17. The van der Waals surface area contributed by atoms with Gasteiger partial charge in [-0.3, -0.25) is 9.59 Å². The van der Waals surface area contributed by atoms with Gasteiger partial charge < -0.3 is 45.3 Å². The summed E-state index contributed by atoms with van der Waals surface area (Å²) in [5.41, 5.74) is -2.74. The van der Waals surface area contributed by atoms with Crippen molar-refractivity contribution < 1.29 is 69.1 Å². The van der Waals surface area contributed by atoms with Crippen LogP contribution in [0.4, 0.5) is 4.79 Å². The highest BCUT2D eigenvalue weighted by molar-refractivity contribution is 7.45. The Labute approximate surface area is 120 Å². The van der Waals surface area contributed by atoms with Crippen LogP contribution in [0.25, 0.3) is 0 Å². The molecule has 0 aromatic carbocycles. The van der Waals surface area contributed by atoms with Crippen LogP contribution in [0.15, 0.2) is 0 Å². The summed E-state index contributed by atoms with van der Waals surface area (Å²) in [5, 5.41) is 47.8. The maximum absolute atomic E-state index is 10.3. The Kier molecular flexibility index (Phi) is 11.8. The minimum atomic E-state index is -4.64. The lowest BCUT2D eigenvalue weighted by Crippen LogP contribution is -2.42. The first-order chi connectivity index (χ1) is 9.51. The van der Waals surface area contributed by atoms with Crippen LogP contribution in [0.2, 0.25) is 0 Å². The van der Waals surface area contributed by atoms with Crippen molar-refractivity contribution in [3.63, 3.8) is 0 Å². The van der Waals surface area contributed by atoms with Gasteiger partial charge in [0.05, 0.1) is 12.8 Å². The van der Waals surface area contributed by atoms with Gasteiger partial charge in [0, 0.05) is 0 Å². The topological polar surface area (TPSA) is 267 Å². The minimum Gasteiger partial charge on any atom is -0.481 e. The zero-order valence-electron chi connectivity index (χ0n) is 10.4. The van der Waals surface area contributed by atoms with Gasteiger partial charge in [0.2, 0.25) is 0 Å². The first kappa shape index (κ1) is 24.7. The Morgan fingerprint density at radius 2 is 0.955 bits per heavy atom. The molecule has 0 spiro atoms. The van der Waals surface area contributed by atoms with E-state index in [4.69, 9.17) is 54.7 Å². The van der Waals surface area contributed by atoms with Crippen LogP contribution < -0.4 is 0 Å². The van der Waals surface area contributed by atoms with E-state index in [9.17, 15) is 14.4 Å². The summed E-state index contributed by atoms with van der Waals surface area (Å²) in [4.78, 5) is 60.6. The van der Waals surface area contributed by atoms with Gasteiger partial charge in [-0.25, -0.2) is 14.2 Å². The van der Waals surface area contributed by atoms with E-state index < -0.39 is 50.3 Å². The summed E-state index contributed by atoms with van der Waals surface area (Å²) in [6, 6.07) is 0. The number of aliphatic carboxylic acids is 3. The molecule has 130 valence electrons. The van der Waals surface area contributed by atoms with Gasteiger partial charge in [-0.2, -0.15) is 0 Å². The maximum Gasteiger partial charge on any atom is 0.503 e. The summed E-state index contributed by atoms with van der Waals surface area (Å²) in [6.07, 6.45) is -4.12. The first-order valence-electron chi connectivity index (χ1n) is 4.60. The van der Waals surface area contributed by atoms with Crippen molar-refractivity contribution in [1.29, 1.82) is 0 Å². The van der Waals surface area contributed by atoms with Gasteiger partial charge in [0.1, 0.15) is 0 Å². The van der Waals surface area contributed by atoms with E-state index in [-0.39, 0.29) is 0 Å². The van der Waals surface area contributed by atoms with Crippen molar-refractivity contribution >= 4 is 31.9 Å². The molecule has 0 heterocycles. The predicted molar refractivity (Wildman–Crippen MR) is 62.0 cm³/mol. The molecule has 0 aromatic heterocycles. The Morgan fingerprint density at radius 3 is 1.05 bits per heavy atom. The summed E-state index contributed by atoms with van der Waals surface area (Å²) in [7, 11) is -4.64. The SMILES string of the molecule is O=C(O)CC(O)(CC(=O)O)C(=O)O.O=C(O)O.O=P(O)(O)O. The van der Waals surface area contributed by atoms with E-state index in [1.165, 1.54) is 0 Å². The van der Waals surface area contributed by atoms with Gasteiger partial charge in [0.25, 0.3) is 0 Å². The third-order valence-electron chi connectivity index (χ3n) is 1.29. The molecule has 0 amide bonds. The van der Waals surface area contributed by atoms with Crippen LogP contribution in [0, 0.1) is 0 Å². The molecule has 22 heavy (non-hydrogen) atoms. The van der Waals surface area contributed by atoms with Crippen LogP contribution in [-0.4, -0.2) is 75.0 Å². The molecular weight excluding hydrogens is 339 g/mol. The molecule has 0 fully saturated rings. The number of hydrogen-bond donors (Lipinski definition) is 9. The van der Waals surface area contributed by atoms with Crippen molar-refractivity contribution in [3.05, 3.63) is 0 Å². The van der Waals surface area contributed by atoms with E-state index in [1.807, 2.05) is 0 Å². The molecule has 15 heteroatoms. The molecule has 0 radical (unpaired) electrons. The van der Waals surface area contributed by atoms with Crippen LogP contribution in [0.1, 0.15) is 12.8 Å². The Morgan fingerprint density at radius 1 is 0.773 bits per heavy atom. The predicted octanol–water partition coefficient (Wildman–Crippen LogP) is -1.95. The van der Waals surface area contributed by atoms with Gasteiger partial charge in [-0.15, -0.1) is 0 Å². The number of carboxylic acids is 3. The zero-order chi connectivity index (χ0) is 18.7.